The second-order valence-electron chi connectivity index (χ2n) is 3.99. The van der Waals surface area contributed by atoms with Crippen LogP contribution in [0.15, 0.2) is 22.7 Å². The van der Waals surface area contributed by atoms with Gasteiger partial charge in [0.05, 0.1) is 6.61 Å². The van der Waals surface area contributed by atoms with Gasteiger partial charge in [0.25, 0.3) is 0 Å². The summed E-state index contributed by atoms with van der Waals surface area (Å²) in [7, 11) is 0. The van der Waals surface area contributed by atoms with Gasteiger partial charge >= 0.3 is 0 Å². The van der Waals surface area contributed by atoms with Gasteiger partial charge in [0.1, 0.15) is 0 Å². The van der Waals surface area contributed by atoms with E-state index in [2.05, 4.69) is 46.4 Å². The van der Waals surface area contributed by atoms with Crippen molar-refractivity contribution in [2.75, 3.05) is 13.2 Å². The van der Waals surface area contributed by atoms with E-state index >= 15 is 0 Å². The molecule has 1 saturated heterocycles. The maximum Gasteiger partial charge on any atom is 0.0620 e. The molecule has 0 aromatic heterocycles. The fourth-order valence-electron chi connectivity index (χ4n) is 1.79. The minimum atomic E-state index is 0.525. The monoisotopic (exact) mass is 269 g/mol. The minimum Gasteiger partial charge on any atom is -0.380 e. The lowest BCUT2D eigenvalue weighted by molar-refractivity contribution is 0.190. The van der Waals surface area contributed by atoms with Gasteiger partial charge in [-0.3, -0.25) is 0 Å². The first-order chi connectivity index (χ1) is 7.27. The Morgan fingerprint density at radius 2 is 2.40 bits per heavy atom. The second kappa shape index (κ2) is 5.10. The molecule has 1 unspecified atom stereocenters. The van der Waals surface area contributed by atoms with E-state index in [0.717, 1.165) is 26.2 Å². The highest BCUT2D eigenvalue weighted by molar-refractivity contribution is 9.10. The van der Waals surface area contributed by atoms with E-state index in [1.165, 1.54) is 15.6 Å². The topological polar surface area (TPSA) is 21.3 Å². The van der Waals surface area contributed by atoms with Crippen LogP contribution in [0.2, 0.25) is 0 Å². The standard InChI is InChI=1S/C12H16BrNO/c1-9-3-2-4-10(12(9)13)7-14-11-5-6-15-8-11/h2-4,11,14H,5-8H2,1H3. The Morgan fingerprint density at radius 1 is 1.53 bits per heavy atom. The predicted molar refractivity (Wildman–Crippen MR) is 64.9 cm³/mol. The molecule has 15 heavy (non-hydrogen) atoms. The van der Waals surface area contributed by atoms with Crippen molar-refractivity contribution in [1.29, 1.82) is 0 Å². The summed E-state index contributed by atoms with van der Waals surface area (Å²) < 4.78 is 6.54. The molecule has 1 aromatic rings. The summed E-state index contributed by atoms with van der Waals surface area (Å²) in [5.41, 5.74) is 2.61. The molecular weight excluding hydrogens is 254 g/mol. The number of benzene rings is 1. The van der Waals surface area contributed by atoms with E-state index in [9.17, 15) is 0 Å². The van der Waals surface area contributed by atoms with Gasteiger partial charge in [0.15, 0.2) is 0 Å². The Labute approximate surface area is 99.1 Å². The third kappa shape index (κ3) is 2.80. The summed E-state index contributed by atoms with van der Waals surface area (Å²) in [6.45, 7) is 4.78. The van der Waals surface area contributed by atoms with E-state index in [4.69, 9.17) is 4.74 Å². The van der Waals surface area contributed by atoms with Gasteiger partial charge in [0.2, 0.25) is 0 Å². The van der Waals surface area contributed by atoms with E-state index in [-0.39, 0.29) is 0 Å². The van der Waals surface area contributed by atoms with Crippen LogP contribution in [0.4, 0.5) is 0 Å². The largest absolute Gasteiger partial charge is 0.380 e. The van der Waals surface area contributed by atoms with E-state index in [0.29, 0.717) is 6.04 Å². The van der Waals surface area contributed by atoms with Crippen molar-refractivity contribution in [3.63, 3.8) is 0 Å². The van der Waals surface area contributed by atoms with Crippen molar-refractivity contribution >= 4 is 15.9 Å². The molecule has 0 radical (unpaired) electrons. The molecule has 0 aliphatic carbocycles. The highest BCUT2D eigenvalue weighted by Crippen LogP contribution is 2.21. The van der Waals surface area contributed by atoms with Gasteiger partial charge in [-0.15, -0.1) is 0 Å². The maximum absolute atomic E-state index is 5.33. The molecule has 1 atom stereocenters. The average molecular weight is 270 g/mol. The van der Waals surface area contributed by atoms with E-state index < -0.39 is 0 Å². The van der Waals surface area contributed by atoms with Crippen LogP contribution >= 0.6 is 15.9 Å². The molecule has 1 aliphatic heterocycles. The maximum atomic E-state index is 5.33. The molecule has 1 fully saturated rings. The molecule has 2 rings (SSSR count). The molecule has 0 amide bonds. The van der Waals surface area contributed by atoms with Gasteiger partial charge in [-0.2, -0.15) is 0 Å². The normalized spacial score (nSPS) is 20.8. The highest BCUT2D eigenvalue weighted by atomic mass is 79.9. The molecule has 0 spiro atoms. The van der Waals surface area contributed by atoms with Gasteiger partial charge < -0.3 is 10.1 Å². The van der Waals surface area contributed by atoms with Crippen LogP contribution < -0.4 is 5.32 Å². The average Bonchev–Trinajstić information content (AvgIpc) is 2.73. The Morgan fingerprint density at radius 3 is 3.13 bits per heavy atom. The third-order valence-corrected chi connectivity index (χ3v) is 3.92. The minimum absolute atomic E-state index is 0.525. The smallest absolute Gasteiger partial charge is 0.0620 e. The van der Waals surface area contributed by atoms with Crippen molar-refractivity contribution in [1.82, 2.24) is 5.32 Å². The predicted octanol–water partition coefficient (Wildman–Crippen LogP) is 2.64. The van der Waals surface area contributed by atoms with Crippen LogP contribution in [0.25, 0.3) is 0 Å². The highest BCUT2D eigenvalue weighted by Gasteiger charge is 2.14. The lowest BCUT2D eigenvalue weighted by Crippen LogP contribution is -2.28. The fraction of sp³-hybridized carbons (Fsp3) is 0.500. The quantitative estimate of drug-likeness (QED) is 0.911. The van der Waals surface area contributed by atoms with E-state index in [1.54, 1.807) is 0 Å². The zero-order valence-corrected chi connectivity index (χ0v) is 10.5. The molecule has 2 nitrogen and oxygen atoms in total. The van der Waals surface area contributed by atoms with Gasteiger partial charge in [0, 0.05) is 23.7 Å². The number of nitrogens with one attached hydrogen (secondary N) is 1. The van der Waals surface area contributed by atoms with E-state index in [1.807, 2.05) is 0 Å². The summed E-state index contributed by atoms with van der Waals surface area (Å²) in [5.74, 6) is 0. The number of ether oxygens (including phenoxy) is 1. The van der Waals surface area contributed by atoms with Crippen molar-refractivity contribution in [3.05, 3.63) is 33.8 Å². The first-order valence-corrected chi connectivity index (χ1v) is 6.12. The SMILES string of the molecule is Cc1cccc(CNC2CCOC2)c1Br. The number of hydrogen-bond donors (Lipinski definition) is 1. The molecular formula is C12H16BrNO. The summed E-state index contributed by atoms with van der Waals surface area (Å²) in [4.78, 5) is 0. The van der Waals surface area contributed by atoms with Crippen molar-refractivity contribution in [2.45, 2.75) is 25.9 Å². The third-order valence-electron chi connectivity index (χ3n) is 2.78. The number of rotatable bonds is 3. The van der Waals surface area contributed by atoms with Crippen molar-refractivity contribution in [2.24, 2.45) is 0 Å². The number of aryl methyl sites for hydroxylation is 1. The fourth-order valence-corrected chi connectivity index (χ4v) is 2.20. The van der Waals surface area contributed by atoms with Gasteiger partial charge in [-0.25, -0.2) is 0 Å². The first-order valence-electron chi connectivity index (χ1n) is 5.32. The Balaban J connectivity index is 1.95. The molecule has 1 N–H and O–H groups in total. The number of hydrogen-bond acceptors (Lipinski definition) is 2. The van der Waals surface area contributed by atoms with Gasteiger partial charge in [-0.05, 0) is 24.5 Å². The Bertz CT molecular complexity index is 334. The van der Waals surface area contributed by atoms with Gasteiger partial charge in [-0.1, -0.05) is 34.1 Å². The van der Waals surface area contributed by atoms with Crippen LogP contribution in [-0.4, -0.2) is 19.3 Å². The Kier molecular flexibility index (Phi) is 3.78. The van der Waals surface area contributed by atoms with Crippen LogP contribution in [0, 0.1) is 6.92 Å². The molecule has 0 saturated carbocycles. The van der Waals surface area contributed by atoms with Crippen LogP contribution in [-0.2, 0) is 11.3 Å². The number of halogens is 1. The van der Waals surface area contributed by atoms with Crippen molar-refractivity contribution < 1.29 is 4.74 Å². The van der Waals surface area contributed by atoms with Crippen LogP contribution in [0.1, 0.15) is 17.5 Å². The molecule has 1 aromatic carbocycles. The van der Waals surface area contributed by atoms with Crippen molar-refractivity contribution in [3.8, 4) is 0 Å². The zero-order chi connectivity index (χ0) is 10.7. The summed E-state index contributed by atoms with van der Waals surface area (Å²) in [5, 5.41) is 3.51. The van der Waals surface area contributed by atoms with Crippen LogP contribution in [0.3, 0.4) is 0 Å². The lowest BCUT2D eigenvalue weighted by atomic mass is 10.1. The Hall–Kier alpha value is -0.380. The lowest BCUT2D eigenvalue weighted by Gasteiger charge is -2.12. The molecule has 1 heterocycles. The second-order valence-corrected chi connectivity index (χ2v) is 4.78. The summed E-state index contributed by atoms with van der Waals surface area (Å²) in [6.07, 6.45) is 1.13. The molecule has 82 valence electrons. The zero-order valence-electron chi connectivity index (χ0n) is 8.92. The van der Waals surface area contributed by atoms with Crippen LogP contribution in [0.5, 0.6) is 0 Å². The first kappa shape index (κ1) is 11.1. The summed E-state index contributed by atoms with van der Waals surface area (Å²) in [6, 6.07) is 6.89. The molecule has 1 aliphatic rings. The molecule has 0 bridgehead atoms. The summed E-state index contributed by atoms with van der Waals surface area (Å²) >= 11 is 3.62. The molecule has 3 heteroatoms.